The standard InChI is InChI=1S/C3H2N4O2/c8-2-7-4-1-3(9)5-6-7/h1-2H. The Bertz CT molecular complexity index is 246. The van der Waals surface area contributed by atoms with Gasteiger partial charge < -0.3 is 0 Å². The molecule has 0 spiro atoms. The summed E-state index contributed by atoms with van der Waals surface area (Å²) >= 11 is 0. The zero-order valence-electron chi connectivity index (χ0n) is 4.26. The van der Waals surface area contributed by atoms with Crippen molar-refractivity contribution in [3.8, 4) is 0 Å². The van der Waals surface area contributed by atoms with Crippen molar-refractivity contribution in [2.24, 2.45) is 0 Å². The van der Waals surface area contributed by atoms with Gasteiger partial charge in [0.25, 0.3) is 6.41 Å². The SMILES string of the molecule is O=Cn1ncc(=O)nn1. The van der Waals surface area contributed by atoms with Crippen LogP contribution in [0.15, 0.2) is 11.0 Å². The lowest BCUT2D eigenvalue weighted by atomic mass is 10.9. The largest absolute Gasteiger partial charge is 0.309 e. The summed E-state index contributed by atoms with van der Waals surface area (Å²) in [5.74, 6) is 0. The number of hydrogen-bond acceptors (Lipinski definition) is 5. The fourth-order valence-corrected chi connectivity index (χ4v) is 0.296. The Morgan fingerprint density at radius 1 is 1.67 bits per heavy atom. The smallest absolute Gasteiger partial charge is 0.275 e. The third-order valence-corrected chi connectivity index (χ3v) is 0.616. The molecule has 1 aromatic rings. The molecule has 6 heteroatoms. The molecule has 0 atom stereocenters. The van der Waals surface area contributed by atoms with E-state index >= 15 is 0 Å². The van der Waals surface area contributed by atoms with Crippen LogP contribution in [0.25, 0.3) is 0 Å². The molecule has 46 valence electrons. The van der Waals surface area contributed by atoms with Gasteiger partial charge in [-0.15, -0.1) is 5.10 Å². The molecule has 0 saturated carbocycles. The lowest BCUT2D eigenvalue weighted by Gasteiger charge is -1.83. The van der Waals surface area contributed by atoms with Gasteiger partial charge in [-0.2, -0.15) is 0 Å². The lowest BCUT2D eigenvalue weighted by Crippen LogP contribution is -2.17. The Balaban J connectivity index is 3.16. The molecular formula is C3H2N4O2. The molecule has 1 aromatic heterocycles. The Morgan fingerprint density at radius 2 is 2.44 bits per heavy atom. The van der Waals surface area contributed by atoms with E-state index in [0.29, 0.717) is 11.2 Å². The number of rotatable bonds is 1. The topological polar surface area (TPSA) is 77.7 Å². The quantitative estimate of drug-likeness (QED) is 0.409. The van der Waals surface area contributed by atoms with Crippen LogP contribution >= 0.6 is 0 Å². The highest BCUT2D eigenvalue weighted by Crippen LogP contribution is 1.54. The summed E-state index contributed by atoms with van der Waals surface area (Å²) in [5.41, 5.74) is -0.562. The Morgan fingerprint density at radius 3 is 2.89 bits per heavy atom. The molecule has 0 bridgehead atoms. The van der Waals surface area contributed by atoms with Crippen molar-refractivity contribution >= 4 is 6.41 Å². The minimum atomic E-state index is -0.562. The summed E-state index contributed by atoms with van der Waals surface area (Å²) in [4.78, 5) is 20.6. The van der Waals surface area contributed by atoms with Crippen LogP contribution < -0.4 is 5.56 Å². The summed E-state index contributed by atoms with van der Waals surface area (Å²) in [5, 5.41) is 9.34. The van der Waals surface area contributed by atoms with Gasteiger partial charge in [-0.1, -0.05) is 9.90 Å². The Hall–Kier alpha value is -1.59. The van der Waals surface area contributed by atoms with Crippen LogP contribution in [0, 0.1) is 0 Å². The summed E-state index contributed by atoms with van der Waals surface area (Å²) in [7, 11) is 0. The summed E-state index contributed by atoms with van der Waals surface area (Å²) < 4.78 is 0. The number of aromatic nitrogens is 4. The van der Waals surface area contributed by atoms with Crippen LogP contribution in [0.1, 0.15) is 0 Å². The van der Waals surface area contributed by atoms with Crippen LogP contribution in [-0.2, 0) is 4.79 Å². The maximum Gasteiger partial charge on any atom is 0.309 e. The first-order valence-electron chi connectivity index (χ1n) is 2.07. The van der Waals surface area contributed by atoms with Crippen molar-refractivity contribution < 1.29 is 4.79 Å². The normalized spacial score (nSPS) is 8.89. The van der Waals surface area contributed by atoms with Crippen molar-refractivity contribution in [1.82, 2.24) is 20.2 Å². The Kier molecular flexibility index (Phi) is 1.31. The molecule has 6 nitrogen and oxygen atoms in total. The highest BCUT2D eigenvalue weighted by molar-refractivity contribution is 5.47. The minimum absolute atomic E-state index is 0.340. The number of nitrogens with zero attached hydrogens (tertiary/aromatic N) is 4. The van der Waals surface area contributed by atoms with E-state index < -0.39 is 5.56 Å². The molecule has 0 unspecified atom stereocenters. The van der Waals surface area contributed by atoms with Crippen molar-refractivity contribution in [3.05, 3.63) is 16.6 Å². The molecule has 0 amide bonds. The zero-order chi connectivity index (χ0) is 6.69. The fraction of sp³-hybridized carbons (Fsp3) is 0. The van der Waals surface area contributed by atoms with Crippen molar-refractivity contribution in [1.29, 1.82) is 0 Å². The highest BCUT2D eigenvalue weighted by atomic mass is 16.2. The zero-order valence-corrected chi connectivity index (χ0v) is 4.26. The first kappa shape index (κ1) is 5.54. The monoisotopic (exact) mass is 126 g/mol. The molecule has 0 aliphatic carbocycles. The summed E-state index contributed by atoms with van der Waals surface area (Å²) in [6.45, 7) is 0. The number of carbonyl (C=O) groups is 1. The van der Waals surface area contributed by atoms with Crippen molar-refractivity contribution in [3.63, 3.8) is 0 Å². The van der Waals surface area contributed by atoms with E-state index in [1.807, 2.05) is 0 Å². The van der Waals surface area contributed by atoms with Gasteiger partial charge in [0, 0.05) is 0 Å². The lowest BCUT2D eigenvalue weighted by molar-refractivity contribution is 0.514. The molecule has 0 radical (unpaired) electrons. The van der Waals surface area contributed by atoms with Gasteiger partial charge in [0.05, 0.1) is 0 Å². The van der Waals surface area contributed by atoms with Crippen molar-refractivity contribution in [2.45, 2.75) is 0 Å². The van der Waals surface area contributed by atoms with E-state index in [2.05, 4.69) is 15.4 Å². The molecule has 0 aliphatic rings. The second-order valence-electron chi connectivity index (χ2n) is 1.20. The molecule has 1 rings (SSSR count). The van der Waals surface area contributed by atoms with Crippen LogP contribution in [0.5, 0.6) is 0 Å². The third-order valence-electron chi connectivity index (χ3n) is 0.616. The van der Waals surface area contributed by atoms with Gasteiger partial charge >= 0.3 is 5.56 Å². The van der Waals surface area contributed by atoms with Gasteiger partial charge in [-0.25, -0.2) is 0 Å². The number of hydrogen-bond donors (Lipinski definition) is 0. The molecule has 0 saturated heterocycles. The molecule has 0 N–H and O–H groups in total. The third kappa shape index (κ3) is 1.15. The first-order valence-corrected chi connectivity index (χ1v) is 2.07. The van der Waals surface area contributed by atoms with Crippen LogP contribution in [-0.4, -0.2) is 26.6 Å². The van der Waals surface area contributed by atoms with Crippen LogP contribution in [0.2, 0.25) is 0 Å². The van der Waals surface area contributed by atoms with Crippen LogP contribution in [0.3, 0.4) is 0 Å². The molecule has 0 aromatic carbocycles. The van der Waals surface area contributed by atoms with Gasteiger partial charge in [0.2, 0.25) is 0 Å². The average molecular weight is 126 g/mol. The average Bonchev–Trinajstić information content (AvgIpc) is 1.90. The van der Waals surface area contributed by atoms with Gasteiger partial charge in [0.1, 0.15) is 6.20 Å². The maximum atomic E-state index is 10.2. The minimum Gasteiger partial charge on any atom is -0.275 e. The second kappa shape index (κ2) is 2.12. The van der Waals surface area contributed by atoms with Crippen molar-refractivity contribution in [2.75, 3.05) is 0 Å². The van der Waals surface area contributed by atoms with E-state index in [1.54, 1.807) is 0 Å². The fourth-order valence-electron chi connectivity index (χ4n) is 0.296. The van der Waals surface area contributed by atoms with E-state index in [4.69, 9.17) is 0 Å². The van der Waals surface area contributed by atoms with E-state index in [1.165, 1.54) is 0 Å². The van der Waals surface area contributed by atoms with Crippen LogP contribution in [0.4, 0.5) is 0 Å². The predicted octanol–water partition coefficient (Wildman–Crippen LogP) is -1.93. The first-order chi connectivity index (χ1) is 4.33. The molecule has 0 aliphatic heterocycles. The molecule has 1 heterocycles. The van der Waals surface area contributed by atoms with Gasteiger partial charge in [0.15, 0.2) is 0 Å². The predicted molar refractivity (Wildman–Crippen MR) is 26.2 cm³/mol. The van der Waals surface area contributed by atoms with E-state index in [-0.39, 0.29) is 0 Å². The molecule has 0 fully saturated rings. The van der Waals surface area contributed by atoms with Gasteiger partial charge in [-0.3, -0.25) is 9.59 Å². The number of carbonyl (C=O) groups excluding carboxylic acids is 1. The van der Waals surface area contributed by atoms with E-state index in [9.17, 15) is 9.59 Å². The van der Waals surface area contributed by atoms with E-state index in [0.717, 1.165) is 6.20 Å². The molecule has 9 heavy (non-hydrogen) atoms. The maximum absolute atomic E-state index is 10.2. The van der Waals surface area contributed by atoms with Gasteiger partial charge in [-0.05, 0) is 5.21 Å². The highest BCUT2D eigenvalue weighted by Gasteiger charge is 1.85. The second-order valence-corrected chi connectivity index (χ2v) is 1.20. The summed E-state index contributed by atoms with van der Waals surface area (Å²) in [6.07, 6.45) is 1.24. The summed E-state index contributed by atoms with van der Waals surface area (Å²) in [6, 6.07) is 0. The molecular weight excluding hydrogens is 124 g/mol. The Labute approximate surface area is 49.1 Å².